The second kappa shape index (κ2) is 7.98. The van der Waals surface area contributed by atoms with Gasteiger partial charge in [0.2, 0.25) is 11.3 Å². The van der Waals surface area contributed by atoms with Gasteiger partial charge in [0.15, 0.2) is 17.3 Å². The van der Waals surface area contributed by atoms with Crippen molar-refractivity contribution in [3.05, 3.63) is 63.7 Å². The topological polar surface area (TPSA) is 105 Å². The van der Waals surface area contributed by atoms with Crippen LogP contribution < -0.4 is 15.6 Å². The van der Waals surface area contributed by atoms with Crippen molar-refractivity contribution in [2.45, 2.75) is 19.4 Å². The second-order valence-corrected chi connectivity index (χ2v) is 7.44. The lowest BCUT2D eigenvalue weighted by molar-refractivity contribution is -0.119. The van der Waals surface area contributed by atoms with Gasteiger partial charge >= 0.3 is 5.97 Å². The highest BCUT2D eigenvalue weighted by atomic mass is 19.1. The lowest BCUT2D eigenvalue weighted by Crippen LogP contribution is -2.36. The van der Waals surface area contributed by atoms with Crippen LogP contribution in [-0.4, -0.2) is 45.7 Å². The van der Waals surface area contributed by atoms with E-state index in [1.807, 2.05) is 0 Å². The van der Waals surface area contributed by atoms with E-state index in [1.165, 1.54) is 6.92 Å². The highest BCUT2D eigenvalue weighted by Gasteiger charge is 2.28. The quantitative estimate of drug-likeness (QED) is 0.637. The van der Waals surface area contributed by atoms with E-state index >= 15 is 0 Å². The summed E-state index contributed by atoms with van der Waals surface area (Å²) < 4.78 is 43.8. The number of aromatic carboxylic acids is 1. The predicted octanol–water partition coefficient (Wildman–Crippen LogP) is 2.22. The fraction of sp³-hybridized carbons (Fsp3) is 0.238. The van der Waals surface area contributed by atoms with E-state index in [0.29, 0.717) is 19.0 Å². The molecular formula is C21H17F3N4O4. The molecule has 0 saturated carbocycles. The van der Waals surface area contributed by atoms with E-state index in [-0.39, 0.29) is 41.0 Å². The summed E-state index contributed by atoms with van der Waals surface area (Å²) in [7, 11) is 0. The summed E-state index contributed by atoms with van der Waals surface area (Å²) in [5, 5.41) is 11.8. The molecule has 1 aliphatic heterocycles. The first-order valence-electron chi connectivity index (χ1n) is 9.62. The molecule has 3 aromatic rings. The first-order valence-corrected chi connectivity index (χ1v) is 9.62. The van der Waals surface area contributed by atoms with Crippen LogP contribution in [0.2, 0.25) is 0 Å². The minimum atomic E-state index is -1.59. The molecule has 1 aliphatic rings. The van der Waals surface area contributed by atoms with Gasteiger partial charge in [0.05, 0.1) is 11.1 Å². The zero-order valence-electron chi connectivity index (χ0n) is 16.7. The number of fused-ring (bicyclic) bond motifs is 1. The van der Waals surface area contributed by atoms with Gasteiger partial charge in [-0.15, -0.1) is 0 Å². The third kappa shape index (κ3) is 3.77. The molecule has 2 N–H and O–H groups in total. The molecule has 0 bridgehead atoms. The van der Waals surface area contributed by atoms with Crippen molar-refractivity contribution in [3.63, 3.8) is 0 Å². The number of aromatic nitrogens is 2. The zero-order valence-corrected chi connectivity index (χ0v) is 16.7. The van der Waals surface area contributed by atoms with Gasteiger partial charge in [-0.2, -0.15) is 0 Å². The Balaban J connectivity index is 1.93. The van der Waals surface area contributed by atoms with Gasteiger partial charge in [0, 0.05) is 38.3 Å². The number of nitrogens with zero attached hydrogens (tertiary/aromatic N) is 3. The van der Waals surface area contributed by atoms with Gasteiger partial charge in [-0.1, -0.05) is 0 Å². The Morgan fingerprint density at radius 2 is 1.94 bits per heavy atom. The summed E-state index contributed by atoms with van der Waals surface area (Å²) in [5.74, 6) is -4.70. The first kappa shape index (κ1) is 21.3. The van der Waals surface area contributed by atoms with Crippen LogP contribution in [0.4, 0.5) is 19.0 Å². The number of nitrogens with one attached hydrogen (secondary N) is 1. The first-order chi connectivity index (χ1) is 15.2. The van der Waals surface area contributed by atoms with Crippen LogP contribution >= 0.6 is 0 Å². The maximum atomic E-state index is 14.9. The molecule has 166 valence electrons. The third-order valence-corrected chi connectivity index (χ3v) is 5.21. The number of benzene rings is 1. The number of anilines is 1. The number of amides is 1. The number of pyridine rings is 2. The minimum absolute atomic E-state index is 0.135. The van der Waals surface area contributed by atoms with Crippen LogP contribution in [0.5, 0.6) is 0 Å². The van der Waals surface area contributed by atoms with Crippen LogP contribution in [0.3, 0.4) is 0 Å². The Labute approximate surface area is 178 Å². The van der Waals surface area contributed by atoms with Crippen molar-refractivity contribution >= 4 is 28.7 Å². The highest BCUT2D eigenvalue weighted by molar-refractivity contribution is 5.92. The number of halogens is 3. The molecule has 1 saturated heterocycles. The summed E-state index contributed by atoms with van der Waals surface area (Å²) in [5.41, 5.74) is -2.16. The van der Waals surface area contributed by atoms with Gasteiger partial charge in [0.25, 0.3) is 0 Å². The smallest absolute Gasteiger partial charge is 0.341 e. The van der Waals surface area contributed by atoms with Gasteiger partial charge in [-0.05, 0) is 24.6 Å². The second-order valence-electron chi connectivity index (χ2n) is 7.44. The van der Waals surface area contributed by atoms with E-state index in [9.17, 15) is 32.7 Å². The molecule has 1 unspecified atom stereocenters. The molecule has 1 amide bonds. The van der Waals surface area contributed by atoms with Crippen molar-refractivity contribution in [2.24, 2.45) is 0 Å². The minimum Gasteiger partial charge on any atom is -0.477 e. The van der Waals surface area contributed by atoms with Crippen LogP contribution in [0.15, 0.2) is 35.3 Å². The van der Waals surface area contributed by atoms with E-state index in [0.717, 1.165) is 29.0 Å². The number of carbonyl (C=O) groups excluding carboxylic acids is 1. The molecule has 3 heterocycles. The van der Waals surface area contributed by atoms with Crippen LogP contribution in [0, 0.1) is 17.5 Å². The fourth-order valence-electron chi connectivity index (χ4n) is 3.81. The molecule has 1 fully saturated rings. The predicted molar refractivity (Wildman–Crippen MR) is 109 cm³/mol. The molecule has 0 aliphatic carbocycles. The van der Waals surface area contributed by atoms with Crippen molar-refractivity contribution in [2.75, 3.05) is 18.0 Å². The highest BCUT2D eigenvalue weighted by Crippen LogP contribution is 2.27. The Kier molecular flexibility index (Phi) is 5.33. The fourth-order valence-corrected chi connectivity index (χ4v) is 3.81. The van der Waals surface area contributed by atoms with Crippen LogP contribution in [0.25, 0.3) is 16.7 Å². The summed E-state index contributed by atoms with van der Waals surface area (Å²) in [6.45, 7) is 1.99. The molecule has 0 spiro atoms. The van der Waals surface area contributed by atoms with E-state index in [1.54, 1.807) is 4.90 Å². The molecule has 0 radical (unpaired) electrons. The number of carboxylic acid groups (broad SMARTS) is 1. The van der Waals surface area contributed by atoms with Crippen molar-refractivity contribution in [3.8, 4) is 5.69 Å². The van der Waals surface area contributed by atoms with Gasteiger partial charge in [-0.25, -0.2) is 22.9 Å². The van der Waals surface area contributed by atoms with E-state index in [2.05, 4.69) is 10.3 Å². The molecule has 4 rings (SSSR count). The Hall–Kier alpha value is -3.89. The van der Waals surface area contributed by atoms with Crippen molar-refractivity contribution in [1.29, 1.82) is 0 Å². The molecule has 2 aromatic heterocycles. The molecule has 32 heavy (non-hydrogen) atoms. The van der Waals surface area contributed by atoms with Gasteiger partial charge < -0.3 is 15.3 Å². The summed E-state index contributed by atoms with van der Waals surface area (Å²) in [6, 6.07) is 3.26. The number of hydrogen-bond acceptors (Lipinski definition) is 5. The molecular weight excluding hydrogens is 429 g/mol. The number of carboxylic acids is 1. The van der Waals surface area contributed by atoms with Crippen LogP contribution in [0.1, 0.15) is 23.7 Å². The third-order valence-electron chi connectivity index (χ3n) is 5.21. The monoisotopic (exact) mass is 446 g/mol. The average Bonchev–Trinajstić information content (AvgIpc) is 3.16. The lowest BCUT2D eigenvalue weighted by atomic mass is 10.1. The van der Waals surface area contributed by atoms with Gasteiger partial charge in [-0.3, -0.25) is 14.2 Å². The Morgan fingerprint density at radius 3 is 2.59 bits per heavy atom. The van der Waals surface area contributed by atoms with E-state index < -0.39 is 34.4 Å². The standard InChI is InChI=1S/C21H17F3N4O4/c1-10(29)25-12-4-5-27(8-12)20-16(24)7-13-18(30)14(21(31)32)9-28(19(13)26-20)17-3-2-11(22)6-15(17)23/h2-3,6-7,9,12H,4-5,8H2,1H3,(H,25,29)(H,31,32). The summed E-state index contributed by atoms with van der Waals surface area (Å²) in [4.78, 5) is 41.3. The average molecular weight is 446 g/mol. The summed E-state index contributed by atoms with van der Waals surface area (Å²) >= 11 is 0. The number of carbonyl (C=O) groups is 2. The molecule has 8 nitrogen and oxygen atoms in total. The Bertz CT molecular complexity index is 1320. The van der Waals surface area contributed by atoms with Crippen molar-refractivity contribution < 1.29 is 27.9 Å². The summed E-state index contributed by atoms with van der Waals surface area (Å²) in [6.07, 6.45) is 1.41. The normalized spacial score (nSPS) is 15.9. The number of hydrogen-bond donors (Lipinski definition) is 2. The zero-order chi connectivity index (χ0) is 23.2. The van der Waals surface area contributed by atoms with Crippen molar-refractivity contribution in [1.82, 2.24) is 14.9 Å². The van der Waals surface area contributed by atoms with Crippen LogP contribution in [-0.2, 0) is 4.79 Å². The Morgan fingerprint density at radius 1 is 1.19 bits per heavy atom. The SMILES string of the molecule is CC(=O)NC1CCN(c2nc3c(cc2F)c(=O)c(C(=O)O)cn3-c2ccc(F)cc2F)C1. The molecule has 1 aromatic carbocycles. The largest absolute Gasteiger partial charge is 0.477 e. The maximum absolute atomic E-state index is 14.9. The lowest BCUT2D eigenvalue weighted by Gasteiger charge is -2.20. The molecule has 1 atom stereocenters. The maximum Gasteiger partial charge on any atom is 0.341 e. The number of rotatable bonds is 4. The van der Waals surface area contributed by atoms with E-state index in [4.69, 9.17) is 0 Å². The van der Waals surface area contributed by atoms with Gasteiger partial charge in [0.1, 0.15) is 17.2 Å². The molecule has 11 heteroatoms.